The van der Waals surface area contributed by atoms with Gasteiger partial charge in [-0.25, -0.2) is 9.98 Å². The molecule has 140 valence electrons. The van der Waals surface area contributed by atoms with Crippen LogP contribution in [0.2, 0.25) is 0 Å². The number of methoxy groups -OCH3 is 1. The van der Waals surface area contributed by atoms with Gasteiger partial charge in [0.1, 0.15) is 11.5 Å². The van der Waals surface area contributed by atoms with Gasteiger partial charge >= 0.3 is 0 Å². The molecule has 0 spiro atoms. The highest BCUT2D eigenvalue weighted by Crippen LogP contribution is 2.23. The van der Waals surface area contributed by atoms with E-state index in [1.807, 2.05) is 41.3 Å². The van der Waals surface area contributed by atoms with E-state index in [9.17, 15) is 0 Å². The molecule has 3 rings (SSSR count). The van der Waals surface area contributed by atoms with Crippen LogP contribution >= 0.6 is 24.0 Å². The second-order valence-corrected chi connectivity index (χ2v) is 5.56. The fraction of sp³-hybridized carbons (Fsp3) is 0.333. The summed E-state index contributed by atoms with van der Waals surface area (Å²) in [5.41, 5.74) is 6.99. The van der Waals surface area contributed by atoms with Crippen LogP contribution in [0.3, 0.4) is 0 Å². The smallest absolute Gasteiger partial charge is 0.219 e. The third-order valence-corrected chi connectivity index (χ3v) is 3.82. The van der Waals surface area contributed by atoms with Crippen LogP contribution in [-0.2, 0) is 11.3 Å². The van der Waals surface area contributed by atoms with Gasteiger partial charge in [-0.05, 0) is 17.7 Å². The number of rotatable bonds is 5. The fourth-order valence-electron chi connectivity index (χ4n) is 2.41. The number of aliphatic imine (C=N–C) groups is 1. The second-order valence-electron chi connectivity index (χ2n) is 5.56. The highest BCUT2D eigenvalue weighted by atomic mass is 127. The lowest BCUT2D eigenvalue weighted by Crippen LogP contribution is -2.44. The van der Waals surface area contributed by atoms with Gasteiger partial charge < -0.3 is 24.8 Å². The van der Waals surface area contributed by atoms with E-state index in [0.29, 0.717) is 37.3 Å². The third kappa shape index (κ3) is 5.73. The van der Waals surface area contributed by atoms with Gasteiger partial charge in [0.15, 0.2) is 5.96 Å². The summed E-state index contributed by atoms with van der Waals surface area (Å²) in [6, 6.07) is 11.1. The minimum absolute atomic E-state index is 0. The second kappa shape index (κ2) is 10.2. The zero-order chi connectivity index (χ0) is 17.5. The third-order valence-electron chi connectivity index (χ3n) is 3.82. The number of halogens is 1. The van der Waals surface area contributed by atoms with Gasteiger partial charge in [0.2, 0.25) is 5.88 Å². The van der Waals surface area contributed by atoms with Gasteiger partial charge in [-0.1, -0.05) is 12.1 Å². The maximum atomic E-state index is 6.02. The van der Waals surface area contributed by atoms with E-state index in [1.54, 1.807) is 13.3 Å². The number of nitrogens with two attached hydrogens (primary N) is 1. The molecule has 0 bridgehead atoms. The Morgan fingerprint density at radius 3 is 2.69 bits per heavy atom. The van der Waals surface area contributed by atoms with Crippen molar-refractivity contribution in [2.75, 3.05) is 33.4 Å². The first-order valence-corrected chi connectivity index (χ1v) is 8.14. The van der Waals surface area contributed by atoms with Crippen LogP contribution in [-0.4, -0.2) is 49.3 Å². The average molecular weight is 470 g/mol. The van der Waals surface area contributed by atoms with Crippen molar-refractivity contribution in [3.63, 3.8) is 0 Å². The van der Waals surface area contributed by atoms with E-state index < -0.39 is 0 Å². The van der Waals surface area contributed by atoms with E-state index in [4.69, 9.17) is 19.9 Å². The van der Waals surface area contributed by atoms with Crippen molar-refractivity contribution >= 4 is 29.9 Å². The number of nitrogens with zero attached hydrogens (tertiary/aromatic N) is 3. The lowest BCUT2D eigenvalue weighted by molar-refractivity contribution is 0.0674. The highest BCUT2D eigenvalue weighted by Gasteiger charge is 2.11. The lowest BCUT2D eigenvalue weighted by Gasteiger charge is -2.27. The number of morpholine rings is 1. The molecule has 7 nitrogen and oxygen atoms in total. The molecule has 2 aromatic rings. The Bertz CT molecular complexity index is 719. The van der Waals surface area contributed by atoms with Gasteiger partial charge in [-0.3, -0.25) is 0 Å². The molecule has 1 aromatic carbocycles. The summed E-state index contributed by atoms with van der Waals surface area (Å²) in [7, 11) is 1.62. The molecule has 26 heavy (non-hydrogen) atoms. The molecule has 1 saturated heterocycles. The molecule has 8 heteroatoms. The topological polar surface area (TPSA) is 82.2 Å². The Balaban J connectivity index is 0.00000243. The maximum absolute atomic E-state index is 6.02. The summed E-state index contributed by atoms with van der Waals surface area (Å²) in [4.78, 5) is 10.8. The molecule has 1 aliphatic heterocycles. The summed E-state index contributed by atoms with van der Waals surface area (Å²) in [5, 5.41) is 0. The molecule has 0 amide bonds. The van der Waals surface area contributed by atoms with Gasteiger partial charge in [0.25, 0.3) is 0 Å². The Hall–Kier alpha value is -2.07. The van der Waals surface area contributed by atoms with Gasteiger partial charge in [0, 0.05) is 31.4 Å². The van der Waals surface area contributed by atoms with Crippen molar-refractivity contribution in [1.29, 1.82) is 0 Å². The summed E-state index contributed by atoms with van der Waals surface area (Å²) in [6.45, 7) is 3.42. The van der Waals surface area contributed by atoms with Gasteiger partial charge in [-0.15, -0.1) is 24.0 Å². The number of pyridine rings is 1. The standard InChI is InChI=1S/C18H22N4O3.HI/c1-23-15-3-2-4-16(11-15)25-17-6-5-14(12-20-17)13-21-18(19)22-7-9-24-10-8-22;/h2-6,11-12H,7-10,13H2,1H3,(H2,19,21);1H. The van der Waals surface area contributed by atoms with Crippen molar-refractivity contribution in [1.82, 2.24) is 9.88 Å². The van der Waals surface area contributed by atoms with Crippen molar-refractivity contribution in [2.24, 2.45) is 10.7 Å². The van der Waals surface area contributed by atoms with Crippen LogP contribution in [0.4, 0.5) is 0 Å². The summed E-state index contributed by atoms with van der Waals surface area (Å²) < 4.78 is 16.2. The van der Waals surface area contributed by atoms with Gasteiger partial charge in [0.05, 0.1) is 26.9 Å². The first-order valence-electron chi connectivity index (χ1n) is 8.14. The van der Waals surface area contributed by atoms with Gasteiger partial charge in [-0.2, -0.15) is 0 Å². The van der Waals surface area contributed by atoms with Crippen LogP contribution in [0, 0.1) is 0 Å². The number of hydrogen-bond acceptors (Lipinski definition) is 5. The molecule has 2 heterocycles. The van der Waals surface area contributed by atoms with Crippen LogP contribution in [0.1, 0.15) is 5.56 Å². The van der Waals surface area contributed by atoms with Crippen LogP contribution in [0.5, 0.6) is 17.4 Å². The molecule has 0 atom stereocenters. The molecule has 2 N–H and O–H groups in total. The summed E-state index contributed by atoms with van der Waals surface area (Å²) >= 11 is 0. The zero-order valence-electron chi connectivity index (χ0n) is 14.6. The quantitative estimate of drug-likeness (QED) is 0.411. The summed E-state index contributed by atoms with van der Waals surface area (Å²) in [5.74, 6) is 2.47. The molecule has 1 fully saturated rings. The lowest BCUT2D eigenvalue weighted by atomic mass is 10.3. The molecular formula is C18H23IN4O3. The van der Waals surface area contributed by atoms with E-state index in [-0.39, 0.29) is 24.0 Å². The molecule has 0 unspecified atom stereocenters. The minimum Gasteiger partial charge on any atom is -0.497 e. The molecule has 0 saturated carbocycles. The number of benzene rings is 1. The number of aromatic nitrogens is 1. The van der Waals surface area contributed by atoms with Crippen molar-refractivity contribution < 1.29 is 14.2 Å². The summed E-state index contributed by atoms with van der Waals surface area (Å²) in [6.07, 6.45) is 1.74. The predicted octanol–water partition coefficient (Wildman–Crippen LogP) is 2.65. The average Bonchev–Trinajstić information content (AvgIpc) is 2.68. The van der Waals surface area contributed by atoms with Crippen LogP contribution in [0.25, 0.3) is 0 Å². The Morgan fingerprint density at radius 1 is 1.23 bits per heavy atom. The first-order chi connectivity index (χ1) is 12.2. The number of hydrogen-bond donors (Lipinski definition) is 1. The molecule has 1 aromatic heterocycles. The van der Waals surface area contributed by atoms with Crippen molar-refractivity contribution in [2.45, 2.75) is 6.54 Å². The SMILES string of the molecule is COc1cccc(Oc2ccc(CN=C(N)N3CCOCC3)cn2)c1.I. The Morgan fingerprint density at radius 2 is 2.00 bits per heavy atom. The van der Waals surface area contributed by atoms with E-state index in [0.717, 1.165) is 24.4 Å². The molecule has 0 radical (unpaired) electrons. The van der Waals surface area contributed by atoms with E-state index in [1.165, 1.54) is 0 Å². The first kappa shape index (κ1) is 20.2. The number of guanidine groups is 1. The number of ether oxygens (including phenoxy) is 3. The van der Waals surface area contributed by atoms with Crippen molar-refractivity contribution in [3.05, 3.63) is 48.2 Å². The van der Waals surface area contributed by atoms with Crippen molar-refractivity contribution in [3.8, 4) is 17.4 Å². The predicted molar refractivity (Wildman–Crippen MR) is 110 cm³/mol. The van der Waals surface area contributed by atoms with E-state index in [2.05, 4.69) is 9.98 Å². The minimum atomic E-state index is 0. The van der Waals surface area contributed by atoms with Crippen LogP contribution in [0.15, 0.2) is 47.6 Å². The Labute approximate surface area is 170 Å². The van der Waals surface area contributed by atoms with Crippen LogP contribution < -0.4 is 15.2 Å². The molecule has 1 aliphatic rings. The van der Waals surface area contributed by atoms with E-state index >= 15 is 0 Å². The maximum Gasteiger partial charge on any atom is 0.219 e. The molecular weight excluding hydrogens is 447 g/mol. The zero-order valence-corrected chi connectivity index (χ0v) is 17.0. The Kier molecular flexibility index (Phi) is 7.92. The largest absolute Gasteiger partial charge is 0.497 e. The highest BCUT2D eigenvalue weighted by molar-refractivity contribution is 14.0. The normalized spacial score (nSPS) is 14.5. The monoisotopic (exact) mass is 470 g/mol. The fourth-order valence-corrected chi connectivity index (χ4v) is 2.41. The molecule has 0 aliphatic carbocycles.